The molecule has 2 N–H and O–H groups in total. The fraction of sp³-hybridized carbons (Fsp3) is 0.269. The highest BCUT2D eigenvalue weighted by Crippen LogP contribution is 2.35. The Hall–Kier alpha value is -4.00. The van der Waals surface area contributed by atoms with E-state index in [1.165, 1.54) is 30.6 Å². The van der Waals surface area contributed by atoms with Crippen LogP contribution in [-0.2, 0) is 9.53 Å². The summed E-state index contributed by atoms with van der Waals surface area (Å²) in [4.78, 5) is 23.2. The quantitative estimate of drug-likeness (QED) is 0.379. The highest BCUT2D eigenvalue weighted by molar-refractivity contribution is 6.03. The molecule has 1 amide bonds. The monoisotopic (exact) mass is 475 g/mol. The van der Waals surface area contributed by atoms with Crippen LogP contribution in [0.1, 0.15) is 12.0 Å². The predicted octanol–water partition coefficient (Wildman–Crippen LogP) is 3.72. The number of amides is 1. The molecule has 1 fully saturated rings. The number of aromatic nitrogens is 2. The number of hydrogen-bond donors (Lipinski definition) is 2. The van der Waals surface area contributed by atoms with E-state index in [1.54, 1.807) is 18.2 Å². The summed E-state index contributed by atoms with van der Waals surface area (Å²) < 4.78 is 26.0. The molecule has 1 atom stereocenters. The molecule has 1 aliphatic rings. The van der Waals surface area contributed by atoms with Crippen LogP contribution in [0, 0.1) is 18.2 Å². The van der Waals surface area contributed by atoms with Gasteiger partial charge in [-0.1, -0.05) is 12.0 Å². The van der Waals surface area contributed by atoms with Crippen LogP contribution in [0.25, 0.3) is 10.9 Å². The molecule has 0 saturated carbocycles. The largest absolute Gasteiger partial charge is 0.486 e. The summed E-state index contributed by atoms with van der Waals surface area (Å²) in [5.74, 6) is 2.53. The Morgan fingerprint density at radius 1 is 1.31 bits per heavy atom. The number of ether oxygens (including phenoxy) is 2. The van der Waals surface area contributed by atoms with E-state index in [2.05, 4.69) is 26.5 Å². The molecule has 0 spiro atoms. The number of terminal acetylenes is 1. The summed E-state index contributed by atoms with van der Waals surface area (Å²) in [7, 11) is 3.83. The second-order valence-corrected chi connectivity index (χ2v) is 8.31. The first-order valence-corrected chi connectivity index (χ1v) is 11.1. The summed E-state index contributed by atoms with van der Waals surface area (Å²) in [5.41, 5.74) is 1.71. The number of carbonyl (C=O) groups excluding carboxylic acids is 1. The number of fused-ring (bicyclic) bond motifs is 1. The smallest absolute Gasteiger partial charge is 0.248 e. The van der Waals surface area contributed by atoms with E-state index >= 15 is 0 Å². The van der Waals surface area contributed by atoms with Gasteiger partial charge in [-0.3, -0.25) is 4.79 Å². The van der Waals surface area contributed by atoms with Gasteiger partial charge in [-0.05, 0) is 38.4 Å². The Balaban J connectivity index is 1.71. The minimum absolute atomic E-state index is 0.132. The van der Waals surface area contributed by atoms with Gasteiger partial charge in [-0.15, -0.1) is 6.42 Å². The molecular formula is C26H26FN5O3. The molecule has 0 aliphatic carbocycles. The van der Waals surface area contributed by atoms with Gasteiger partial charge >= 0.3 is 0 Å². The summed E-state index contributed by atoms with van der Waals surface area (Å²) in [6.45, 7) is 1.71. The maximum absolute atomic E-state index is 14.4. The number of halogens is 1. The SMILES string of the molecule is C#Cc1ccc(F)c(Nc2ncnc3cc(O[C@H]4CCOC4)c(NC(=O)C=CCN(C)C)cc23)c1. The summed E-state index contributed by atoms with van der Waals surface area (Å²) in [6.07, 6.45) is 10.7. The van der Waals surface area contributed by atoms with Crippen molar-refractivity contribution in [2.75, 3.05) is 44.5 Å². The first kappa shape index (κ1) is 24.1. The highest BCUT2D eigenvalue weighted by Gasteiger charge is 2.21. The molecular weight excluding hydrogens is 449 g/mol. The van der Waals surface area contributed by atoms with E-state index in [9.17, 15) is 9.18 Å². The van der Waals surface area contributed by atoms with Gasteiger partial charge in [0.2, 0.25) is 5.91 Å². The third-order valence-corrected chi connectivity index (χ3v) is 5.30. The van der Waals surface area contributed by atoms with Crippen LogP contribution in [0.15, 0.2) is 48.8 Å². The second-order valence-electron chi connectivity index (χ2n) is 8.31. The van der Waals surface area contributed by atoms with Crippen LogP contribution in [0.5, 0.6) is 5.75 Å². The fourth-order valence-corrected chi connectivity index (χ4v) is 3.55. The molecule has 1 aliphatic heterocycles. The lowest BCUT2D eigenvalue weighted by molar-refractivity contribution is -0.111. The number of benzene rings is 2. The molecule has 0 bridgehead atoms. The average molecular weight is 476 g/mol. The van der Waals surface area contributed by atoms with E-state index in [4.69, 9.17) is 15.9 Å². The van der Waals surface area contributed by atoms with Crippen LogP contribution in [0.3, 0.4) is 0 Å². The molecule has 0 radical (unpaired) electrons. The van der Waals surface area contributed by atoms with Crippen molar-refractivity contribution in [3.8, 4) is 18.1 Å². The maximum Gasteiger partial charge on any atom is 0.248 e. The Morgan fingerprint density at radius 3 is 2.91 bits per heavy atom. The lowest BCUT2D eigenvalue weighted by Gasteiger charge is -2.18. The molecule has 180 valence electrons. The lowest BCUT2D eigenvalue weighted by atomic mass is 10.1. The Labute approximate surface area is 203 Å². The van der Waals surface area contributed by atoms with Gasteiger partial charge in [-0.2, -0.15) is 0 Å². The van der Waals surface area contributed by atoms with Crippen molar-refractivity contribution in [1.29, 1.82) is 0 Å². The van der Waals surface area contributed by atoms with Gasteiger partial charge < -0.3 is 25.0 Å². The third-order valence-electron chi connectivity index (χ3n) is 5.30. The van der Waals surface area contributed by atoms with Crippen LogP contribution in [-0.4, -0.2) is 60.7 Å². The van der Waals surface area contributed by atoms with E-state index in [1.807, 2.05) is 19.0 Å². The van der Waals surface area contributed by atoms with E-state index < -0.39 is 5.82 Å². The Morgan fingerprint density at radius 2 is 2.17 bits per heavy atom. The van der Waals surface area contributed by atoms with Crippen LogP contribution < -0.4 is 15.4 Å². The van der Waals surface area contributed by atoms with Crippen molar-refractivity contribution in [3.63, 3.8) is 0 Å². The predicted molar refractivity (Wildman–Crippen MR) is 133 cm³/mol. The first-order chi connectivity index (χ1) is 16.9. The van der Waals surface area contributed by atoms with Crippen molar-refractivity contribution in [2.45, 2.75) is 12.5 Å². The van der Waals surface area contributed by atoms with Gasteiger partial charge in [0, 0.05) is 36.1 Å². The van der Waals surface area contributed by atoms with Crippen LogP contribution >= 0.6 is 0 Å². The normalized spacial score (nSPS) is 15.5. The number of nitrogens with zero attached hydrogens (tertiary/aromatic N) is 3. The van der Waals surface area contributed by atoms with Gasteiger partial charge in [-0.25, -0.2) is 14.4 Å². The minimum Gasteiger partial charge on any atom is -0.486 e. The van der Waals surface area contributed by atoms with Gasteiger partial charge in [0.05, 0.1) is 30.1 Å². The zero-order valence-corrected chi connectivity index (χ0v) is 19.5. The van der Waals surface area contributed by atoms with Gasteiger partial charge in [0.15, 0.2) is 0 Å². The lowest BCUT2D eigenvalue weighted by Crippen LogP contribution is -2.18. The Bertz CT molecular complexity index is 1300. The zero-order chi connectivity index (χ0) is 24.8. The molecule has 8 nitrogen and oxygen atoms in total. The first-order valence-electron chi connectivity index (χ1n) is 11.1. The molecule has 3 aromatic rings. The molecule has 1 saturated heterocycles. The van der Waals surface area contributed by atoms with Gasteiger partial charge in [0.25, 0.3) is 0 Å². The number of anilines is 3. The van der Waals surface area contributed by atoms with Crippen LogP contribution in [0.2, 0.25) is 0 Å². The molecule has 9 heteroatoms. The van der Waals surface area contributed by atoms with Crippen molar-refractivity contribution in [1.82, 2.24) is 14.9 Å². The topological polar surface area (TPSA) is 88.6 Å². The number of nitrogens with one attached hydrogen (secondary N) is 2. The van der Waals surface area contributed by atoms with E-state index in [0.717, 1.165) is 6.42 Å². The van der Waals surface area contributed by atoms with E-state index in [-0.39, 0.29) is 17.7 Å². The van der Waals surface area contributed by atoms with Crippen molar-refractivity contribution < 1.29 is 18.7 Å². The molecule has 2 aromatic carbocycles. The highest BCUT2D eigenvalue weighted by atomic mass is 19.1. The standard InChI is InChI=1S/C26H26FN5O3/c1-4-17-7-8-20(27)22(12-17)31-26-19-13-23(30-25(33)6-5-10-32(2)3)24(14-21(19)28-16-29-26)35-18-9-11-34-15-18/h1,5-8,12-14,16,18H,9-11,15H2,2-3H3,(H,30,33)(H,28,29,31)/t18-/m0/s1. The summed E-state index contributed by atoms with van der Waals surface area (Å²) in [6, 6.07) is 7.78. The molecule has 1 aromatic heterocycles. The Kier molecular flexibility index (Phi) is 7.55. The number of rotatable bonds is 8. The average Bonchev–Trinajstić information content (AvgIpc) is 3.34. The third kappa shape index (κ3) is 6.12. The van der Waals surface area contributed by atoms with Crippen LogP contribution in [0.4, 0.5) is 21.6 Å². The van der Waals surface area contributed by atoms with Crippen molar-refractivity contribution in [2.24, 2.45) is 0 Å². The molecule has 35 heavy (non-hydrogen) atoms. The summed E-state index contributed by atoms with van der Waals surface area (Å²) >= 11 is 0. The second kappa shape index (κ2) is 11.0. The van der Waals surface area contributed by atoms with Crippen molar-refractivity contribution >= 4 is 34.0 Å². The molecule has 4 rings (SSSR count). The zero-order valence-electron chi connectivity index (χ0n) is 19.5. The summed E-state index contributed by atoms with van der Waals surface area (Å²) in [5, 5.41) is 6.44. The number of likely N-dealkylation sites (N-methyl/N-ethyl adjacent to an activating group) is 1. The minimum atomic E-state index is -0.475. The van der Waals surface area contributed by atoms with E-state index in [0.29, 0.717) is 53.5 Å². The van der Waals surface area contributed by atoms with Gasteiger partial charge in [0.1, 0.15) is 29.8 Å². The fourth-order valence-electron chi connectivity index (χ4n) is 3.55. The number of carbonyl (C=O) groups is 1. The maximum atomic E-state index is 14.4. The number of hydrogen-bond acceptors (Lipinski definition) is 7. The molecule has 0 unspecified atom stereocenters. The van der Waals surface area contributed by atoms with Crippen molar-refractivity contribution in [3.05, 3.63) is 60.2 Å². The molecule has 2 heterocycles.